The Hall–Kier alpha value is -1.94. The van der Waals surface area contributed by atoms with Gasteiger partial charge in [-0.05, 0) is 49.4 Å². The summed E-state index contributed by atoms with van der Waals surface area (Å²) in [5, 5.41) is 10.5. The van der Waals surface area contributed by atoms with Crippen LogP contribution in [-0.4, -0.2) is 96.7 Å². The topological polar surface area (TPSA) is 237 Å². The Morgan fingerprint density at radius 3 is 0.887 bits per heavy atom. The Morgan fingerprint density at radius 1 is 0.350 bits per heavy atom. The van der Waals surface area contributed by atoms with Gasteiger partial charge in [0.2, 0.25) is 0 Å². The molecule has 0 heterocycles. The summed E-state index contributed by atoms with van der Waals surface area (Å²) >= 11 is 0. The number of phosphoric acid groups is 2. The number of rotatable bonds is 58. The number of carbonyl (C=O) groups excluding carboxylic acids is 4. The molecule has 0 spiro atoms. The van der Waals surface area contributed by atoms with E-state index in [1.165, 1.54) is 77.0 Å². The van der Waals surface area contributed by atoms with Crippen LogP contribution in [0.4, 0.5) is 0 Å². The molecule has 0 radical (unpaired) electrons. The highest BCUT2D eigenvalue weighted by atomic mass is 31.2. The Morgan fingerprint density at radius 2 is 0.600 bits per heavy atom. The van der Waals surface area contributed by atoms with Crippen LogP contribution in [0.15, 0.2) is 0 Å². The fraction of sp³-hybridized carbons (Fsp3) is 0.934. The van der Waals surface area contributed by atoms with Gasteiger partial charge in [-0.1, -0.05) is 235 Å². The van der Waals surface area contributed by atoms with Crippen molar-refractivity contribution in [2.45, 2.75) is 305 Å². The van der Waals surface area contributed by atoms with Gasteiger partial charge in [-0.2, -0.15) is 0 Å². The predicted octanol–water partition coefficient (Wildman–Crippen LogP) is 16.2. The van der Waals surface area contributed by atoms with E-state index < -0.39 is 97.5 Å². The molecule has 0 amide bonds. The fourth-order valence-corrected chi connectivity index (χ4v) is 10.4. The van der Waals surface area contributed by atoms with E-state index in [9.17, 15) is 43.2 Å². The van der Waals surface area contributed by atoms with Crippen LogP contribution in [0.3, 0.4) is 0 Å². The monoisotopic (exact) mass is 1180 g/mol. The Bertz CT molecular complexity index is 1610. The van der Waals surface area contributed by atoms with E-state index >= 15 is 0 Å². The Labute approximate surface area is 486 Å². The molecule has 80 heavy (non-hydrogen) atoms. The molecule has 0 aliphatic carbocycles. The van der Waals surface area contributed by atoms with Crippen molar-refractivity contribution < 1.29 is 80.2 Å². The van der Waals surface area contributed by atoms with Crippen LogP contribution < -0.4 is 0 Å². The van der Waals surface area contributed by atoms with Crippen molar-refractivity contribution in [1.82, 2.24) is 0 Å². The maximum absolute atomic E-state index is 12.9. The molecule has 0 aliphatic heterocycles. The highest BCUT2D eigenvalue weighted by molar-refractivity contribution is 7.47. The van der Waals surface area contributed by atoms with Crippen molar-refractivity contribution in [1.29, 1.82) is 0 Å². The minimum absolute atomic E-state index is 0.101. The number of carbonyl (C=O) groups is 4. The Kier molecular flexibility index (Phi) is 50.2. The number of ether oxygens (including phenoxy) is 4. The minimum Gasteiger partial charge on any atom is -0.462 e. The van der Waals surface area contributed by atoms with Crippen molar-refractivity contribution in [3.05, 3.63) is 0 Å². The Balaban J connectivity index is 5.26. The quantitative estimate of drug-likeness (QED) is 0.0222. The summed E-state index contributed by atoms with van der Waals surface area (Å²) in [6, 6.07) is 0. The number of aliphatic hydroxyl groups is 1. The standard InChI is InChI=1S/C61H118O17P2/c1-9-53(7)39-31-23-17-19-26-34-42-59(64)72-48-57(78-61(66)44-36-28-20-18-24-32-40-54(8)10-2)50-76-80(69,70)74-46-55(62)45-73-79(67,68)75-49-56(77-60(65)43-35-27-16-12-14-22-30-38-52(5)6)47-71-58(63)41-33-25-15-11-13-21-29-37-51(3)4/h51-57,62H,9-50H2,1-8H3,(H,67,68)(H,69,70)/t53?,54?,55-,56-,57-/m1/s1. The molecule has 0 fully saturated rings. The van der Waals surface area contributed by atoms with Crippen molar-refractivity contribution in [3.8, 4) is 0 Å². The summed E-state index contributed by atoms with van der Waals surface area (Å²) in [5.41, 5.74) is 0. The number of hydrogen-bond donors (Lipinski definition) is 3. The van der Waals surface area contributed by atoms with Crippen LogP contribution in [0.25, 0.3) is 0 Å². The maximum Gasteiger partial charge on any atom is 0.472 e. The average molecular weight is 1190 g/mol. The molecule has 0 saturated carbocycles. The first kappa shape index (κ1) is 78.1. The molecule has 0 bridgehead atoms. The lowest BCUT2D eigenvalue weighted by Gasteiger charge is -2.21. The number of phosphoric ester groups is 2. The van der Waals surface area contributed by atoms with Gasteiger partial charge in [0, 0.05) is 25.7 Å². The summed E-state index contributed by atoms with van der Waals surface area (Å²) in [5.74, 6) is 0.703. The predicted molar refractivity (Wildman–Crippen MR) is 317 cm³/mol. The van der Waals surface area contributed by atoms with Gasteiger partial charge in [0.15, 0.2) is 12.2 Å². The molecule has 474 valence electrons. The first-order valence-electron chi connectivity index (χ1n) is 31.8. The third-order valence-electron chi connectivity index (χ3n) is 14.5. The lowest BCUT2D eigenvalue weighted by molar-refractivity contribution is -0.161. The van der Waals surface area contributed by atoms with Crippen molar-refractivity contribution in [2.75, 3.05) is 39.6 Å². The number of esters is 4. The van der Waals surface area contributed by atoms with E-state index in [0.29, 0.717) is 37.5 Å². The normalized spacial score (nSPS) is 15.2. The van der Waals surface area contributed by atoms with E-state index in [-0.39, 0.29) is 25.7 Å². The zero-order valence-electron chi connectivity index (χ0n) is 51.7. The van der Waals surface area contributed by atoms with E-state index in [0.717, 1.165) is 115 Å². The van der Waals surface area contributed by atoms with Gasteiger partial charge < -0.3 is 33.8 Å². The number of unbranched alkanes of at least 4 members (excludes halogenated alkanes) is 22. The highest BCUT2D eigenvalue weighted by Gasteiger charge is 2.30. The maximum atomic E-state index is 12.9. The zero-order valence-corrected chi connectivity index (χ0v) is 53.5. The summed E-state index contributed by atoms with van der Waals surface area (Å²) in [6.45, 7) is 13.9. The largest absolute Gasteiger partial charge is 0.472 e. The minimum atomic E-state index is -4.94. The fourth-order valence-electron chi connectivity index (χ4n) is 8.83. The molecule has 0 aromatic rings. The molecule has 4 unspecified atom stereocenters. The summed E-state index contributed by atoms with van der Waals surface area (Å²) in [7, 11) is -9.88. The van der Waals surface area contributed by atoms with E-state index in [2.05, 4.69) is 55.4 Å². The SMILES string of the molecule is CCC(C)CCCCCCCCC(=O)OC[C@H](COP(=O)(O)OC[C@H](O)COP(=O)(O)OC[C@@H](COC(=O)CCCCCCCCCC(C)C)OC(=O)CCCCCCCCCC(C)C)OC(=O)CCCCCCCCC(C)CC. The molecule has 0 aliphatic rings. The van der Waals surface area contributed by atoms with Gasteiger partial charge in [-0.15, -0.1) is 0 Å². The van der Waals surface area contributed by atoms with E-state index in [1.807, 2.05) is 0 Å². The molecule has 0 rings (SSSR count). The first-order chi connectivity index (χ1) is 38.2. The second-order valence-corrected chi connectivity index (χ2v) is 26.4. The second-order valence-electron chi connectivity index (χ2n) is 23.5. The van der Waals surface area contributed by atoms with Gasteiger partial charge in [0.25, 0.3) is 0 Å². The van der Waals surface area contributed by atoms with Crippen LogP contribution >= 0.6 is 15.6 Å². The van der Waals surface area contributed by atoms with Crippen LogP contribution in [0.2, 0.25) is 0 Å². The van der Waals surface area contributed by atoms with Gasteiger partial charge >= 0.3 is 39.5 Å². The van der Waals surface area contributed by atoms with Crippen LogP contribution in [0.1, 0.15) is 287 Å². The lowest BCUT2D eigenvalue weighted by Crippen LogP contribution is -2.30. The molecule has 19 heteroatoms. The molecule has 3 N–H and O–H groups in total. The van der Waals surface area contributed by atoms with Crippen molar-refractivity contribution in [2.24, 2.45) is 23.7 Å². The molecular weight excluding hydrogens is 1070 g/mol. The molecule has 7 atom stereocenters. The van der Waals surface area contributed by atoms with Gasteiger partial charge in [-0.25, -0.2) is 9.13 Å². The van der Waals surface area contributed by atoms with Crippen LogP contribution in [-0.2, 0) is 65.4 Å². The van der Waals surface area contributed by atoms with Crippen LogP contribution in [0.5, 0.6) is 0 Å². The zero-order chi connectivity index (χ0) is 59.7. The molecule has 0 aromatic heterocycles. The second kappa shape index (κ2) is 51.5. The summed E-state index contributed by atoms with van der Waals surface area (Å²) in [4.78, 5) is 72.0. The van der Waals surface area contributed by atoms with E-state index in [4.69, 9.17) is 37.0 Å². The highest BCUT2D eigenvalue weighted by Crippen LogP contribution is 2.45. The van der Waals surface area contributed by atoms with Crippen molar-refractivity contribution >= 4 is 39.5 Å². The van der Waals surface area contributed by atoms with Crippen LogP contribution in [0, 0.1) is 23.7 Å². The van der Waals surface area contributed by atoms with Gasteiger partial charge in [-0.3, -0.25) is 37.3 Å². The summed E-state index contributed by atoms with van der Waals surface area (Å²) in [6.07, 6.45) is 29.6. The van der Waals surface area contributed by atoms with E-state index in [1.54, 1.807) is 0 Å². The smallest absolute Gasteiger partial charge is 0.462 e. The molecule has 0 saturated heterocycles. The molecule has 0 aromatic carbocycles. The number of aliphatic hydroxyl groups excluding tert-OH is 1. The van der Waals surface area contributed by atoms with Gasteiger partial charge in [0.05, 0.1) is 26.4 Å². The third kappa shape index (κ3) is 52.8. The lowest BCUT2D eigenvalue weighted by atomic mass is 10.00. The summed E-state index contributed by atoms with van der Waals surface area (Å²) < 4.78 is 67.8. The van der Waals surface area contributed by atoms with Gasteiger partial charge in [0.1, 0.15) is 19.3 Å². The van der Waals surface area contributed by atoms with Crippen molar-refractivity contribution in [3.63, 3.8) is 0 Å². The number of hydrogen-bond acceptors (Lipinski definition) is 15. The third-order valence-corrected chi connectivity index (χ3v) is 16.4. The molecular formula is C61H118O17P2. The average Bonchev–Trinajstić information content (AvgIpc) is 3.41. The first-order valence-corrected chi connectivity index (χ1v) is 34.8. The molecule has 17 nitrogen and oxygen atoms in total.